The number of carbonyl (C=O) groups is 6. The zero-order valence-corrected chi connectivity index (χ0v) is 16.8. The molecule has 2 aliphatic rings. The van der Waals surface area contributed by atoms with Crippen LogP contribution in [0.5, 0.6) is 0 Å². The Morgan fingerprint density at radius 3 is 1.17 bits per heavy atom. The summed E-state index contributed by atoms with van der Waals surface area (Å²) in [5.74, 6) is -4.85. The summed E-state index contributed by atoms with van der Waals surface area (Å²) in [6.45, 7) is 0. The van der Waals surface area contributed by atoms with Crippen molar-refractivity contribution in [3.8, 4) is 0 Å². The minimum Gasteiger partial charge on any atom is -0.547 e. The zero-order chi connectivity index (χ0) is 17.2. The van der Waals surface area contributed by atoms with Crippen molar-refractivity contribution in [1.29, 1.82) is 0 Å². The molecule has 2 rings (SSSR count). The molecule has 0 saturated carbocycles. The number of nitrogens with one attached hydrogen (secondary N) is 2. The molecule has 2 unspecified atom stereocenters. The molecule has 0 aromatic carbocycles. The van der Waals surface area contributed by atoms with Crippen molar-refractivity contribution < 1.29 is 90.9 Å². The van der Waals surface area contributed by atoms with Gasteiger partial charge >= 0.3 is 64.0 Å². The summed E-state index contributed by atoms with van der Waals surface area (Å²) in [6, 6.07) is -4.40. The van der Waals surface area contributed by atoms with Gasteiger partial charge in [-0.15, -0.1) is 0 Å². The molecule has 2 aliphatic heterocycles. The summed E-state index contributed by atoms with van der Waals surface area (Å²) >= 11 is 0. The van der Waals surface area contributed by atoms with Crippen molar-refractivity contribution in [2.75, 3.05) is 14.1 Å². The van der Waals surface area contributed by atoms with Gasteiger partial charge in [-0.05, 0) is 0 Å². The Morgan fingerprint density at radius 1 is 0.833 bits per heavy atom. The molecule has 0 spiro atoms. The molecule has 0 aliphatic carbocycles. The molecule has 0 aromatic heterocycles. The molecule has 2 fully saturated rings. The number of hydrogen-bond acceptors (Lipinski definition) is 8. The van der Waals surface area contributed by atoms with Gasteiger partial charge in [0.2, 0.25) is 0 Å². The number of carbonyl (C=O) groups excluding carboxylic acids is 6. The van der Waals surface area contributed by atoms with E-state index >= 15 is 0 Å². The molecule has 0 aromatic rings. The van der Waals surface area contributed by atoms with Crippen LogP contribution in [0.1, 0.15) is 0 Å². The number of carboxylic acids is 2. The summed E-state index contributed by atoms with van der Waals surface area (Å²) < 4.78 is 0. The Labute approximate surface area is 172 Å². The number of carboxylic acid groups (broad SMARTS) is 2. The van der Waals surface area contributed by atoms with Crippen LogP contribution in [0.3, 0.4) is 0 Å². The first-order valence-corrected chi connectivity index (χ1v) is 5.65. The van der Waals surface area contributed by atoms with E-state index in [9.17, 15) is 39.0 Å². The quantitative estimate of drug-likeness (QED) is 0.199. The van der Waals surface area contributed by atoms with Gasteiger partial charge in [0.1, 0.15) is 0 Å². The second kappa shape index (κ2) is 9.76. The van der Waals surface area contributed by atoms with E-state index in [0.717, 1.165) is 9.80 Å². The number of imide groups is 2. The molecule has 2 heterocycles. The van der Waals surface area contributed by atoms with E-state index in [2.05, 4.69) is 0 Å². The number of urea groups is 2. The van der Waals surface area contributed by atoms with E-state index < -0.39 is 47.9 Å². The zero-order valence-electron chi connectivity index (χ0n) is 12.6. The molecular formula is C10H10AuN4NaO8. The van der Waals surface area contributed by atoms with E-state index in [1.165, 1.54) is 14.1 Å². The number of nitrogens with zero attached hydrogens (tertiary/aromatic N) is 2. The van der Waals surface area contributed by atoms with E-state index in [0.29, 0.717) is 0 Å². The number of likely N-dealkylation sites (N-methyl/N-ethyl adjacent to an activating group) is 2. The van der Waals surface area contributed by atoms with Crippen LogP contribution in [0.15, 0.2) is 0 Å². The van der Waals surface area contributed by atoms with E-state index in [4.69, 9.17) is 0 Å². The third-order valence-electron chi connectivity index (χ3n) is 2.82. The second-order valence-electron chi connectivity index (χ2n) is 4.25. The minimum absolute atomic E-state index is 0. The molecule has 0 radical (unpaired) electrons. The Hall–Kier alpha value is -1.44. The third kappa shape index (κ3) is 5.29. The van der Waals surface area contributed by atoms with Crippen LogP contribution in [0, 0.1) is 0 Å². The van der Waals surface area contributed by atoms with Crippen LogP contribution in [0.2, 0.25) is 0 Å². The molecule has 14 heteroatoms. The fourth-order valence-corrected chi connectivity index (χ4v) is 1.64. The predicted molar refractivity (Wildman–Crippen MR) is 60.2 cm³/mol. The first kappa shape index (κ1) is 24.8. The van der Waals surface area contributed by atoms with Gasteiger partial charge in [0, 0.05) is 14.1 Å². The van der Waals surface area contributed by atoms with Crippen LogP contribution in [0.4, 0.5) is 9.59 Å². The summed E-state index contributed by atoms with van der Waals surface area (Å²) in [5.41, 5.74) is 0. The number of hydrogen-bond donors (Lipinski definition) is 2. The van der Waals surface area contributed by atoms with Crippen LogP contribution in [-0.4, -0.2) is 71.8 Å². The standard InChI is InChI=1S/2C5H6N2O4.Au.Na/c2*1-7-2(4(9)10)3(8)6-5(7)11;;/h2*2H,1H3,(H,9,10)(H,6,8,11);;/q;;2*+1/p-2. The van der Waals surface area contributed by atoms with Gasteiger partial charge < -0.3 is 29.6 Å². The van der Waals surface area contributed by atoms with Crippen molar-refractivity contribution >= 4 is 35.8 Å². The number of aliphatic carboxylic acids is 2. The van der Waals surface area contributed by atoms with Crippen molar-refractivity contribution in [1.82, 2.24) is 20.4 Å². The average Bonchev–Trinajstić information content (AvgIpc) is 2.77. The Balaban J connectivity index is 0. The summed E-state index contributed by atoms with van der Waals surface area (Å²) in [6.07, 6.45) is 0. The topological polar surface area (TPSA) is 179 Å². The van der Waals surface area contributed by atoms with Crippen LogP contribution in [-0.2, 0) is 41.6 Å². The monoisotopic (exact) mass is 534 g/mol. The van der Waals surface area contributed by atoms with Crippen molar-refractivity contribution in [2.45, 2.75) is 12.1 Å². The fourth-order valence-electron chi connectivity index (χ4n) is 1.64. The van der Waals surface area contributed by atoms with Gasteiger partial charge in [0.05, 0.1) is 11.9 Å². The van der Waals surface area contributed by atoms with Crippen LogP contribution < -0.4 is 50.4 Å². The number of rotatable bonds is 2. The van der Waals surface area contributed by atoms with Crippen LogP contribution >= 0.6 is 0 Å². The van der Waals surface area contributed by atoms with Gasteiger partial charge in [-0.25, -0.2) is 9.59 Å². The molecule has 2 N–H and O–H groups in total. The first-order valence-electron chi connectivity index (χ1n) is 5.65. The summed E-state index contributed by atoms with van der Waals surface area (Å²) in [4.78, 5) is 64.4. The average molecular weight is 534 g/mol. The molecule has 6 amide bonds. The SMILES string of the molecule is CN1C(=O)NC(=O)C1C(=O)[O-].CN1C(=O)NC(=O)C1C(=O)[O-].[Au+].[Na+]. The minimum atomic E-state index is -1.57. The molecule has 12 nitrogen and oxygen atoms in total. The maximum absolute atomic E-state index is 10.6. The van der Waals surface area contributed by atoms with E-state index in [1.54, 1.807) is 0 Å². The third-order valence-corrected chi connectivity index (χ3v) is 2.82. The van der Waals surface area contributed by atoms with Crippen molar-refractivity contribution in [3.63, 3.8) is 0 Å². The van der Waals surface area contributed by atoms with E-state index in [1.807, 2.05) is 10.6 Å². The first-order chi connectivity index (χ1) is 10.1. The summed E-state index contributed by atoms with van der Waals surface area (Å²) in [7, 11) is 2.42. The molecule has 0 bridgehead atoms. The van der Waals surface area contributed by atoms with Gasteiger partial charge in [-0.1, -0.05) is 0 Å². The Morgan fingerprint density at radius 2 is 1.08 bits per heavy atom. The molecule has 2 atom stereocenters. The Bertz CT molecular complexity index is 535. The molecular weight excluding hydrogens is 524 g/mol. The van der Waals surface area contributed by atoms with Crippen molar-refractivity contribution in [2.24, 2.45) is 0 Å². The summed E-state index contributed by atoms with van der Waals surface area (Å²) in [5, 5.41) is 24.1. The predicted octanol–water partition coefficient (Wildman–Crippen LogP) is -8.43. The molecule has 2 saturated heterocycles. The largest absolute Gasteiger partial charge is 1.00 e. The van der Waals surface area contributed by atoms with Crippen molar-refractivity contribution in [3.05, 3.63) is 0 Å². The Kier molecular flexibility index (Phi) is 10.1. The maximum atomic E-state index is 10.6. The normalized spacial score (nSPS) is 21.8. The van der Waals surface area contributed by atoms with E-state index in [-0.39, 0.29) is 51.9 Å². The second-order valence-corrected chi connectivity index (χ2v) is 4.25. The molecule has 130 valence electrons. The number of amides is 6. The smallest absolute Gasteiger partial charge is 0.547 e. The fraction of sp³-hybridized carbons (Fsp3) is 0.400. The maximum Gasteiger partial charge on any atom is 1.00 e. The van der Waals surface area contributed by atoms with Gasteiger partial charge in [-0.2, -0.15) is 0 Å². The van der Waals surface area contributed by atoms with Gasteiger partial charge in [-0.3, -0.25) is 20.2 Å². The van der Waals surface area contributed by atoms with Gasteiger partial charge in [0.25, 0.3) is 11.8 Å². The van der Waals surface area contributed by atoms with Crippen LogP contribution in [0.25, 0.3) is 0 Å². The van der Waals surface area contributed by atoms with Gasteiger partial charge in [0.15, 0.2) is 12.1 Å². The molecule has 24 heavy (non-hydrogen) atoms.